The van der Waals surface area contributed by atoms with Crippen molar-refractivity contribution in [2.75, 3.05) is 46.0 Å². The van der Waals surface area contributed by atoms with Gasteiger partial charge in [0.2, 0.25) is 15.9 Å². The van der Waals surface area contributed by atoms with Crippen molar-refractivity contribution in [3.63, 3.8) is 0 Å². The van der Waals surface area contributed by atoms with Gasteiger partial charge in [0.25, 0.3) is 0 Å². The Morgan fingerprint density at radius 2 is 1.71 bits per heavy atom. The molecule has 0 saturated carbocycles. The number of phenolic OH excluding ortho intramolecular Hbond substituents is 1. The highest BCUT2D eigenvalue weighted by molar-refractivity contribution is 7.89. The predicted octanol–water partition coefficient (Wildman–Crippen LogP) is 1.47. The van der Waals surface area contributed by atoms with Crippen molar-refractivity contribution in [2.45, 2.75) is 11.3 Å². The quantitative estimate of drug-likeness (QED) is 0.713. The van der Waals surface area contributed by atoms with Crippen molar-refractivity contribution in [3.05, 3.63) is 42.5 Å². The SMILES string of the molecule is O=C(CCOc1ccccc1O)N1CCN(S(=O)(=O)c2ccc3c(c2)OCCO3)CC1. The number of fused-ring (bicyclic) bond motifs is 1. The zero-order chi connectivity index (χ0) is 21.8. The van der Waals surface area contributed by atoms with E-state index in [0.717, 1.165) is 0 Å². The van der Waals surface area contributed by atoms with E-state index >= 15 is 0 Å². The minimum absolute atomic E-state index is 0.0212. The number of nitrogens with zero attached hydrogens (tertiary/aromatic N) is 2. The van der Waals surface area contributed by atoms with E-state index in [0.29, 0.717) is 43.6 Å². The maximum absolute atomic E-state index is 13.0. The van der Waals surface area contributed by atoms with Crippen LogP contribution < -0.4 is 14.2 Å². The highest BCUT2D eigenvalue weighted by Gasteiger charge is 2.31. The van der Waals surface area contributed by atoms with Crippen LogP contribution in [0.5, 0.6) is 23.0 Å². The van der Waals surface area contributed by atoms with Gasteiger partial charge < -0.3 is 24.2 Å². The molecular weight excluding hydrogens is 424 g/mol. The van der Waals surface area contributed by atoms with Crippen LogP contribution in [0.1, 0.15) is 6.42 Å². The number of carbonyl (C=O) groups is 1. The molecule has 2 heterocycles. The van der Waals surface area contributed by atoms with E-state index in [1.54, 1.807) is 29.2 Å². The zero-order valence-corrected chi connectivity index (χ0v) is 17.7. The Kier molecular flexibility index (Phi) is 6.19. The van der Waals surface area contributed by atoms with Gasteiger partial charge in [-0.2, -0.15) is 4.31 Å². The number of sulfonamides is 1. The molecule has 31 heavy (non-hydrogen) atoms. The van der Waals surface area contributed by atoms with Gasteiger partial charge in [0.1, 0.15) is 13.2 Å². The first-order valence-electron chi connectivity index (χ1n) is 10.0. The van der Waals surface area contributed by atoms with Gasteiger partial charge in [0.15, 0.2) is 23.0 Å². The summed E-state index contributed by atoms with van der Waals surface area (Å²) in [6.45, 7) is 1.98. The van der Waals surface area contributed by atoms with Gasteiger partial charge in [0.05, 0.1) is 17.9 Å². The number of hydrogen-bond donors (Lipinski definition) is 1. The number of para-hydroxylation sites is 2. The van der Waals surface area contributed by atoms with Crippen molar-refractivity contribution in [2.24, 2.45) is 0 Å². The first-order chi connectivity index (χ1) is 14.9. The molecule has 10 heteroatoms. The molecule has 0 aromatic heterocycles. The van der Waals surface area contributed by atoms with Crippen LogP contribution in [-0.4, -0.2) is 74.6 Å². The molecule has 1 saturated heterocycles. The van der Waals surface area contributed by atoms with Gasteiger partial charge in [-0.05, 0) is 24.3 Å². The predicted molar refractivity (Wildman–Crippen MR) is 111 cm³/mol. The monoisotopic (exact) mass is 448 g/mol. The van der Waals surface area contributed by atoms with Crippen LogP contribution in [0.15, 0.2) is 47.4 Å². The number of amides is 1. The second-order valence-corrected chi connectivity index (χ2v) is 9.09. The average molecular weight is 448 g/mol. The molecule has 1 N–H and O–H groups in total. The molecule has 166 valence electrons. The van der Waals surface area contributed by atoms with Crippen molar-refractivity contribution < 1.29 is 32.5 Å². The average Bonchev–Trinajstić information content (AvgIpc) is 2.80. The van der Waals surface area contributed by atoms with Crippen molar-refractivity contribution in [3.8, 4) is 23.0 Å². The number of rotatable bonds is 6. The van der Waals surface area contributed by atoms with Crippen LogP contribution in [0.2, 0.25) is 0 Å². The third-order valence-electron chi connectivity index (χ3n) is 5.18. The van der Waals surface area contributed by atoms with Crippen LogP contribution in [0.25, 0.3) is 0 Å². The molecule has 1 fully saturated rings. The number of carbonyl (C=O) groups excluding carboxylic acids is 1. The lowest BCUT2D eigenvalue weighted by Gasteiger charge is -2.34. The van der Waals surface area contributed by atoms with E-state index in [2.05, 4.69) is 0 Å². The fraction of sp³-hybridized carbons (Fsp3) is 0.381. The summed E-state index contributed by atoms with van der Waals surface area (Å²) in [6.07, 6.45) is 0.142. The van der Waals surface area contributed by atoms with E-state index < -0.39 is 10.0 Å². The Morgan fingerprint density at radius 1 is 1.00 bits per heavy atom. The molecule has 0 radical (unpaired) electrons. The molecule has 9 nitrogen and oxygen atoms in total. The third-order valence-corrected chi connectivity index (χ3v) is 7.08. The van der Waals surface area contributed by atoms with E-state index in [9.17, 15) is 18.3 Å². The molecule has 0 bridgehead atoms. The van der Waals surface area contributed by atoms with Crippen molar-refractivity contribution in [1.29, 1.82) is 0 Å². The summed E-state index contributed by atoms with van der Waals surface area (Å²) < 4.78 is 43.7. The Morgan fingerprint density at radius 3 is 2.45 bits per heavy atom. The van der Waals surface area contributed by atoms with Crippen LogP contribution in [-0.2, 0) is 14.8 Å². The van der Waals surface area contributed by atoms with Gasteiger partial charge in [-0.1, -0.05) is 12.1 Å². The molecule has 2 aromatic rings. The zero-order valence-electron chi connectivity index (χ0n) is 16.9. The first-order valence-corrected chi connectivity index (χ1v) is 11.5. The molecule has 0 spiro atoms. The third kappa shape index (κ3) is 4.70. The normalized spacial score (nSPS) is 16.7. The number of benzene rings is 2. The summed E-state index contributed by atoms with van der Waals surface area (Å²) >= 11 is 0. The molecular formula is C21H24N2O7S. The fourth-order valence-electron chi connectivity index (χ4n) is 3.50. The minimum atomic E-state index is -3.70. The summed E-state index contributed by atoms with van der Waals surface area (Å²) in [5.41, 5.74) is 0. The Bertz CT molecular complexity index is 1050. The second-order valence-electron chi connectivity index (χ2n) is 7.16. The number of aromatic hydroxyl groups is 1. The molecule has 2 aliphatic heterocycles. The maximum atomic E-state index is 13.0. The highest BCUT2D eigenvalue weighted by Crippen LogP contribution is 2.33. The lowest BCUT2D eigenvalue weighted by atomic mass is 10.3. The smallest absolute Gasteiger partial charge is 0.243 e. The molecule has 1 amide bonds. The molecule has 0 atom stereocenters. The van der Waals surface area contributed by atoms with Crippen molar-refractivity contribution >= 4 is 15.9 Å². The summed E-state index contributed by atoms with van der Waals surface area (Å²) in [5, 5.41) is 9.69. The fourth-order valence-corrected chi connectivity index (χ4v) is 4.93. The number of piperazine rings is 1. The Labute approximate surface area is 180 Å². The van der Waals surface area contributed by atoms with Crippen molar-refractivity contribution in [1.82, 2.24) is 9.21 Å². The van der Waals surface area contributed by atoms with E-state index in [1.807, 2.05) is 0 Å². The van der Waals surface area contributed by atoms with Gasteiger partial charge >= 0.3 is 0 Å². The standard InChI is InChI=1S/C21H24N2O7S/c24-17-3-1-2-4-18(17)28-12-7-21(25)22-8-10-23(11-9-22)31(26,27)16-5-6-19-20(15-16)30-14-13-29-19/h1-6,15,24H,7-14H2. The minimum Gasteiger partial charge on any atom is -0.504 e. The number of ether oxygens (including phenoxy) is 3. The molecule has 2 aromatic carbocycles. The van der Waals surface area contributed by atoms with E-state index in [-0.39, 0.29) is 42.7 Å². The Balaban J connectivity index is 1.30. The van der Waals surface area contributed by atoms with Gasteiger partial charge in [-0.25, -0.2) is 8.42 Å². The van der Waals surface area contributed by atoms with Gasteiger partial charge in [0, 0.05) is 32.2 Å². The summed E-state index contributed by atoms with van der Waals surface area (Å²) in [7, 11) is -3.70. The molecule has 4 rings (SSSR count). The Hall–Kier alpha value is -2.98. The van der Waals surface area contributed by atoms with Crippen LogP contribution >= 0.6 is 0 Å². The van der Waals surface area contributed by atoms with Crippen LogP contribution in [0.3, 0.4) is 0 Å². The maximum Gasteiger partial charge on any atom is 0.243 e. The van der Waals surface area contributed by atoms with Crippen LogP contribution in [0.4, 0.5) is 0 Å². The van der Waals surface area contributed by atoms with Gasteiger partial charge in [-0.15, -0.1) is 0 Å². The lowest BCUT2D eigenvalue weighted by molar-refractivity contribution is -0.132. The van der Waals surface area contributed by atoms with Crippen LogP contribution in [0, 0.1) is 0 Å². The first kappa shape index (κ1) is 21.3. The van der Waals surface area contributed by atoms with E-state index in [1.165, 1.54) is 22.5 Å². The topological polar surface area (TPSA) is 106 Å². The summed E-state index contributed by atoms with van der Waals surface area (Å²) in [4.78, 5) is 14.2. The number of phenols is 1. The second kappa shape index (κ2) is 9.03. The largest absolute Gasteiger partial charge is 0.504 e. The summed E-state index contributed by atoms with van der Waals surface area (Å²) in [5.74, 6) is 1.18. The molecule has 0 aliphatic carbocycles. The molecule has 2 aliphatic rings. The lowest BCUT2D eigenvalue weighted by Crippen LogP contribution is -2.50. The summed E-state index contributed by atoms with van der Waals surface area (Å²) in [6, 6.07) is 11.2. The highest BCUT2D eigenvalue weighted by atomic mass is 32.2. The number of hydrogen-bond acceptors (Lipinski definition) is 7. The van der Waals surface area contributed by atoms with E-state index in [4.69, 9.17) is 14.2 Å². The van der Waals surface area contributed by atoms with Gasteiger partial charge in [-0.3, -0.25) is 4.79 Å². The molecule has 0 unspecified atom stereocenters.